The van der Waals surface area contributed by atoms with Crippen molar-refractivity contribution in [3.63, 3.8) is 0 Å². The molecule has 96 valence electrons. The molecule has 4 nitrogen and oxygen atoms in total. The molecule has 1 amide bonds. The average molecular weight is 238 g/mol. The van der Waals surface area contributed by atoms with Crippen LogP contribution in [0.1, 0.15) is 38.9 Å². The highest BCUT2D eigenvalue weighted by atomic mass is 16.3. The first-order valence-corrected chi connectivity index (χ1v) is 6.25. The van der Waals surface area contributed by atoms with Crippen molar-refractivity contribution in [2.45, 2.75) is 45.7 Å². The molecule has 1 atom stereocenters. The number of nitrogens with two attached hydrogens (primary N) is 1. The SMILES string of the molecule is CCCCC(N)C(=O)N(CC)Cc1ccco1. The quantitative estimate of drug-likeness (QED) is 0.791. The monoisotopic (exact) mass is 238 g/mol. The van der Waals surface area contributed by atoms with Crippen LogP contribution in [0.3, 0.4) is 0 Å². The Morgan fingerprint density at radius 2 is 2.29 bits per heavy atom. The van der Waals surface area contributed by atoms with Crippen molar-refractivity contribution in [3.05, 3.63) is 24.2 Å². The Bertz CT molecular complexity index is 322. The lowest BCUT2D eigenvalue weighted by molar-refractivity contribution is -0.133. The standard InChI is InChI=1S/C13H22N2O2/c1-3-5-8-12(14)13(16)15(4-2)10-11-7-6-9-17-11/h6-7,9,12H,3-5,8,10,14H2,1-2H3. The van der Waals surface area contributed by atoms with E-state index >= 15 is 0 Å². The maximum atomic E-state index is 12.1. The molecule has 0 aliphatic carbocycles. The average Bonchev–Trinajstić information content (AvgIpc) is 2.84. The van der Waals surface area contributed by atoms with E-state index in [-0.39, 0.29) is 11.9 Å². The smallest absolute Gasteiger partial charge is 0.239 e. The third-order valence-corrected chi connectivity index (χ3v) is 2.81. The first-order chi connectivity index (χ1) is 8.19. The number of amides is 1. The van der Waals surface area contributed by atoms with Gasteiger partial charge in [-0.05, 0) is 25.5 Å². The molecule has 2 N–H and O–H groups in total. The third kappa shape index (κ3) is 4.23. The maximum Gasteiger partial charge on any atom is 0.239 e. The summed E-state index contributed by atoms with van der Waals surface area (Å²) >= 11 is 0. The Labute approximate surface area is 103 Å². The van der Waals surface area contributed by atoms with Gasteiger partial charge in [0.15, 0.2) is 0 Å². The molecule has 1 heterocycles. The van der Waals surface area contributed by atoms with E-state index in [0.29, 0.717) is 13.1 Å². The number of carbonyl (C=O) groups excluding carboxylic acids is 1. The molecule has 1 unspecified atom stereocenters. The number of carbonyl (C=O) groups is 1. The van der Waals surface area contributed by atoms with E-state index in [1.165, 1.54) is 0 Å². The number of hydrogen-bond donors (Lipinski definition) is 1. The van der Waals surface area contributed by atoms with Gasteiger partial charge in [0, 0.05) is 6.54 Å². The molecule has 17 heavy (non-hydrogen) atoms. The van der Waals surface area contributed by atoms with Gasteiger partial charge in [0.1, 0.15) is 5.76 Å². The van der Waals surface area contributed by atoms with Crippen molar-refractivity contribution in [1.29, 1.82) is 0 Å². The van der Waals surface area contributed by atoms with Crippen LogP contribution in [-0.4, -0.2) is 23.4 Å². The fourth-order valence-corrected chi connectivity index (χ4v) is 1.72. The molecule has 0 radical (unpaired) electrons. The lowest BCUT2D eigenvalue weighted by Crippen LogP contribution is -2.43. The van der Waals surface area contributed by atoms with Crippen LogP contribution in [0.25, 0.3) is 0 Å². The van der Waals surface area contributed by atoms with Gasteiger partial charge in [-0.1, -0.05) is 19.8 Å². The number of nitrogens with zero attached hydrogens (tertiary/aromatic N) is 1. The minimum Gasteiger partial charge on any atom is -0.467 e. The van der Waals surface area contributed by atoms with Crippen LogP contribution < -0.4 is 5.73 Å². The van der Waals surface area contributed by atoms with Gasteiger partial charge in [0.05, 0.1) is 18.8 Å². The van der Waals surface area contributed by atoms with Crippen molar-refractivity contribution in [2.75, 3.05) is 6.54 Å². The maximum absolute atomic E-state index is 12.1. The molecular formula is C13H22N2O2. The Hall–Kier alpha value is -1.29. The van der Waals surface area contributed by atoms with E-state index in [1.807, 2.05) is 19.1 Å². The number of rotatable bonds is 7. The predicted molar refractivity (Wildman–Crippen MR) is 67.3 cm³/mol. The summed E-state index contributed by atoms with van der Waals surface area (Å²) in [4.78, 5) is 13.8. The Kier molecular flexibility index (Phi) is 5.77. The molecule has 0 saturated heterocycles. The molecule has 0 aromatic carbocycles. The van der Waals surface area contributed by atoms with E-state index in [4.69, 9.17) is 10.2 Å². The Balaban J connectivity index is 2.51. The van der Waals surface area contributed by atoms with Gasteiger partial charge in [-0.3, -0.25) is 4.79 Å². The zero-order valence-corrected chi connectivity index (χ0v) is 10.7. The van der Waals surface area contributed by atoms with Crippen molar-refractivity contribution < 1.29 is 9.21 Å². The molecule has 1 rings (SSSR count). The van der Waals surface area contributed by atoms with E-state index in [9.17, 15) is 4.79 Å². The summed E-state index contributed by atoms with van der Waals surface area (Å²) in [7, 11) is 0. The Morgan fingerprint density at radius 3 is 2.82 bits per heavy atom. The zero-order chi connectivity index (χ0) is 12.7. The third-order valence-electron chi connectivity index (χ3n) is 2.81. The van der Waals surface area contributed by atoms with Gasteiger partial charge < -0.3 is 15.1 Å². The van der Waals surface area contributed by atoms with Crippen LogP contribution in [0.4, 0.5) is 0 Å². The molecule has 0 spiro atoms. The highest BCUT2D eigenvalue weighted by Gasteiger charge is 2.20. The van der Waals surface area contributed by atoms with Gasteiger partial charge in [-0.2, -0.15) is 0 Å². The van der Waals surface area contributed by atoms with E-state index in [0.717, 1.165) is 25.0 Å². The Morgan fingerprint density at radius 1 is 1.53 bits per heavy atom. The second-order valence-corrected chi connectivity index (χ2v) is 4.18. The van der Waals surface area contributed by atoms with E-state index in [2.05, 4.69) is 6.92 Å². The highest BCUT2D eigenvalue weighted by molar-refractivity contribution is 5.81. The van der Waals surface area contributed by atoms with Crippen LogP contribution in [0.2, 0.25) is 0 Å². The van der Waals surface area contributed by atoms with E-state index < -0.39 is 0 Å². The van der Waals surface area contributed by atoms with Crippen LogP contribution >= 0.6 is 0 Å². The minimum absolute atomic E-state index is 0.0114. The summed E-state index contributed by atoms with van der Waals surface area (Å²) in [5, 5.41) is 0. The fraction of sp³-hybridized carbons (Fsp3) is 0.615. The van der Waals surface area contributed by atoms with Gasteiger partial charge in [0.2, 0.25) is 5.91 Å². The molecule has 0 fully saturated rings. The zero-order valence-electron chi connectivity index (χ0n) is 10.7. The molecule has 0 aliphatic rings. The van der Waals surface area contributed by atoms with Crippen molar-refractivity contribution >= 4 is 5.91 Å². The van der Waals surface area contributed by atoms with E-state index in [1.54, 1.807) is 11.2 Å². The highest BCUT2D eigenvalue weighted by Crippen LogP contribution is 2.08. The number of likely N-dealkylation sites (N-methyl/N-ethyl adjacent to an activating group) is 1. The summed E-state index contributed by atoms with van der Waals surface area (Å²) in [6, 6.07) is 3.31. The molecule has 1 aromatic rings. The van der Waals surface area contributed by atoms with Crippen molar-refractivity contribution in [3.8, 4) is 0 Å². The normalized spacial score (nSPS) is 12.4. The number of furan rings is 1. The topological polar surface area (TPSA) is 59.5 Å². The molecule has 0 bridgehead atoms. The fourth-order valence-electron chi connectivity index (χ4n) is 1.72. The number of unbranched alkanes of at least 4 members (excludes halogenated alkanes) is 1. The summed E-state index contributed by atoms with van der Waals surface area (Å²) in [5.41, 5.74) is 5.89. The summed E-state index contributed by atoms with van der Waals surface area (Å²) < 4.78 is 5.24. The first-order valence-electron chi connectivity index (χ1n) is 6.25. The molecular weight excluding hydrogens is 216 g/mol. The summed E-state index contributed by atoms with van der Waals surface area (Å²) in [6.07, 6.45) is 4.42. The molecule has 0 aliphatic heterocycles. The minimum atomic E-state index is -0.384. The second kappa shape index (κ2) is 7.12. The largest absolute Gasteiger partial charge is 0.467 e. The van der Waals surface area contributed by atoms with Crippen LogP contribution in [0.15, 0.2) is 22.8 Å². The lowest BCUT2D eigenvalue weighted by atomic mass is 10.1. The van der Waals surface area contributed by atoms with Crippen LogP contribution in [0, 0.1) is 0 Å². The predicted octanol–water partition coefficient (Wildman–Crippen LogP) is 2.15. The van der Waals surface area contributed by atoms with Gasteiger partial charge in [-0.25, -0.2) is 0 Å². The van der Waals surface area contributed by atoms with Gasteiger partial charge in [-0.15, -0.1) is 0 Å². The van der Waals surface area contributed by atoms with Crippen LogP contribution in [0.5, 0.6) is 0 Å². The van der Waals surface area contributed by atoms with Crippen molar-refractivity contribution in [2.24, 2.45) is 5.73 Å². The van der Waals surface area contributed by atoms with Crippen LogP contribution in [-0.2, 0) is 11.3 Å². The first kappa shape index (κ1) is 13.8. The number of hydrogen-bond acceptors (Lipinski definition) is 3. The summed E-state index contributed by atoms with van der Waals surface area (Å²) in [5.74, 6) is 0.806. The van der Waals surface area contributed by atoms with Gasteiger partial charge >= 0.3 is 0 Å². The lowest BCUT2D eigenvalue weighted by Gasteiger charge is -2.23. The molecule has 4 heteroatoms. The second-order valence-electron chi connectivity index (χ2n) is 4.18. The van der Waals surface area contributed by atoms with Crippen molar-refractivity contribution in [1.82, 2.24) is 4.90 Å². The molecule has 0 saturated carbocycles. The summed E-state index contributed by atoms with van der Waals surface area (Å²) in [6.45, 7) is 5.20. The molecule has 1 aromatic heterocycles. The van der Waals surface area contributed by atoms with Gasteiger partial charge in [0.25, 0.3) is 0 Å².